The van der Waals surface area contributed by atoms with Gasteiger partial charge in [-0.1, -0.05) is 49.7 Å². The number of anilines is 1. The lowest BCUT2D eigenvalue weighted by Gasteiger charge is -2.26. The molecule has 5 rings (SSSR count). The summed E-state index contributed by atoms with van der Waals surface area (Å²) >= 11 is 1.76. The maximum absolute atomic E-state index is 9.85. The van der Waals surface area contributed by atoms with Crippen LogP contribution < -0.4 is 5.32 Å². The molecule has 1 fully saturated rings. The third-order valence-electron chi connectivity index (χ3n) is 6.46. The molecular weight excluding hydrogens is 440 g/mol. The smallest absolute Gasteiger partial charge is 0.223 e. The quantitative estimate of drug-likeness (QED) is 0.332. The van der Waals surface area contributed by atoms with Crippen molar-refractivity contribution in [2.24, 2.45) is 0 Å². The van der Waals surface area contributed by atoms with Crippen LogP contribution in [-0.4, -0.2) is 32.2 Å². The maximum Gasteiger partial charge on any atom is 0.223 e. The minimum atomic E-state index is -0.171. The van der Waals surface area contributed by atoms with E-state index in [-0.39, 0.29) is 6.10 Å². The Morgan fingerprint density at radius 3 is 2.41 bits per heavy atom. The predicted octanol–water partition coefficient (Wildman–Crippen LogP) is 5.94. The number of rotatable bonds is 8. The summed E-state index contributed by atoms with van der Waals surface area (Å²) in [7, 11) is 0. The highest BCUT2D eigenvalue weighted by atomic mass is 32.1. The zero-order valence-electron chi connectivity index (χ0n) is 19.7. The van der Waals surface area contributed by atoms with Crippen LogP contribution in [0.2, 0.25) is 0 Å². The minimum absolute atomic E-state index is 0.171. The molecule has 0 aliphatic heterocycles. The highest BCUT2D eigenvalue weighted by Crippen LogP contribution is 2.26. The van der Waals surface area contributed by atoms with E-state index >= 15 is 0 Å². The van der Waals surface area contributed by atoms with Crippen LogP contribution in [0.3, 0.4) is 0 Å². The van der Waals surface area contributed by atoms with Gasteiger partial charge in [-0.2, -0.15) is 0 Å². The van der Waals surface area contributed by atoms with Crippen LogP contribution in [0.5, 0.6) is 0 Å². The second-order valence-electron chi connectivity index (χ2n) is 9.32. The Kier molecular flexibility index (Phi) is 7.16. The van der Waals surface area contributed by atoms with Crippen molar-refractivity contribution in [2.45, 2.75) is 70.4 Å². The second kappa shape index (κ2) is 10.6. The average Bonchev–Trinajstić information content (AvgIpc) is 3.23. The molecule has 34 heavy (non-hydrogen) atoms. The topological polar surface area (TPSA) is 70.9 Å². The first-order valence-corrected chi connectivity index (χ1v) is 13.2. The molecule has 0 spiro atoms. The van der Waals surface area contributed by atoms with E-state index in [0.717, 1.165) is 66.9 Å². The Hall–Kier alpha value is -2.83. The summed E-state index contributed by atoms with van der Waals surface area (Å²) in [5, 5.41) is 14.5. The number of aromatic nitrogens is 3. The number of aliphatic hydroxyl groups is 1. The lowest BCUT2D eigenvalue weighted by molar-refractivity contribution is 0.126. The number of hydrogen-bond acceptors (Lipinski definition) is 6. The summed E-state index contributed by atoms with van der Waals surface area (Å²) in [4.78, 5) is 14.6. The SMILES string of the molecule is CCCc1ccc2nc(Cc3cc(Cc4ccccc4)nc(NC4CCC(O)CC4)n3)sc2c1. The van der Waals surface area contributed by atoms with Gasteiger partial charge >= 0.3 is 0 Å². The van der Waals surface area contributed by atoms with Crippen molar-refractivity contribution in [3.05, 3.63) is 82.1 Å². The number of benzene rings is 2. The fourth-order valence-electron chi connectivity index (χ4n) is 4.70. The van der Waals surface area contributed by atoms with Gasteiger partial charge in [-0.3, -0.25) is 0 Å². The van der Waals surface area contributed by atoms with Gasteiger partial charge in [0.1, 0.15) is 0 Å². The van der Waals surface area contributed by atoms with Gasteiger partial charge < -0.3 is 10.4 Å². The lowest BCUT2D eigenvalue weighted by Crippen LogP contribution is -2.29. The Morgan fingerprint density at radius 1 is 0.882 bits per heavy atom. The van der Waals surface area contributed by atoms with Crippen molar-refractivity contribution in [2.75, 3.05) is 5.32 Å². The van der Waals surface area contributed by atoms with E-state index in [0.29, 0.717) is 18.4 Å². The molecule has 6 heteroatoms. The Balaban J connectivity index is 1.40. The molecule has 1 aliphatic rings. The van der Waals surface area contributed by atoms with Crippen molar-refractivity contribution in [3.8, 4) is 0 Å². The van der Waals surface area contributed by atoms with E-state index in [1.807, 2.05) is 6.07 Å². The normalized spacial score (nSPS) is 18.3. The Morgan fingerprint density at radius 2 is 1.65 bits per heavy atom. The van der Waals surface area contributed by atoms with Crippen LogP contribution in [0.4, 0.5) is 5.95 Å². The first-order valence-electron chi connectivity index (χ1n) is 12.4. The van der Waals surface area contributed by atoms with Crippen LogP contribution in [0.15, 0.2) is 54.6 Å². The van der Waals surface area contributed by atoms with E-state index in [4.69, 9.17) is 15.0 Å². The number of aryl methyl sites for hydroxylation is 1. The second-order valence-corrected chi connectivity index (χ2v) is 10.4. The molecule has 0 saturated heterocycles. The third kappa shape index (κ3) is 5.80. The number of aliphatic hydroxyl groups excluding tert-OH is 1. The van der Waals surface area contributed by atoms with Crippen molar-refractivity contribution in [1.29, 1.82) is 0 Å². The van der Waals surface area contributed by atoms with Crippen molar-refractivity contribution in [1.82, 2.24) is 15.0 Å². The van der Waals surface area contributed by atoms with E-state index in [9.17, 15) is 5.11 Å². The summed E-state index contributed by atoms with van der Waals surface area (Å²) in [6.07, 6.45) is 7.11. The van der Waals surface area contributed by atoms with Gasteiger partial charge in [-0.25, -0.2) is 15.0 Å². The monoisotopic (exact) mass is 472 g/mol. The van der Waals surface area contributed by atoms with E-state index in [2.05, 4.69) is 60.8 Å². The van der Waals surface area contributed by atoms with E-state index < -0.39 is 0 Å². The third-order valence-corrected chi connectivity index (χ3v) is 7.48. The lowest BCUT2D eigenvalue weighted by atomic mass is 9.93. The number of nitrogens with one attached hydrogen (secondary N) is 1. The molecule has 0 radical (unpaired) electrons. The van der Waals surface area contributed by atoms with Gasteiger partial charge in [0, 0.05) is 18.9 Å². The maximum atomic E-state index is 9.85. The molecular formula is C28H32N4OS. The molecule has 0 amide bonds. The summed E-state index contributed by atoms with van der Waals surface area (Å²) in [5.41, 5.74) is 5.69. The van der Waals surface area contributed by atoms with Gasteiger partial charge in [-0.15, -0.1) is 11.3 Å². The molecule has 4 aromatic rings. The van der Waals surface area contributed by atoms with Crippen LogP contribution >= 0.6 is 11.3 Å². The molecule has 5 nitrogen and oxygen atoms in total. The van der Waals surface area contributed by atoms with Crippen molar-refractivity contribution < 1.29 is 5.11 Å². The molecule has 0 bridgehead atoms. The largest absolute Gasteiger partial charge is 0.393 e. The zero-order chi connectivity index (χ0) is 23.3. The van der Waals surface area contributed by atoms with Gasteiger partial charge in [0.25, 0.3) is 0 Å². The van der Waals surface area contributed by atoms with Gasteiger partial charge in [0.15, 0.2) is 0 Å². The van der Waals surface area contributed by atoms with Gasteiger partial charge in [-0.05, 0) is 61.4 Å². The van der Waals surface area contributed by atoms with Crippen LogP contribution in [0.1, 0.15) is 66.6 Å². The number of thiazole rings is 1. The highest BCUT2D eigenvalue weighted by molar-refractivity contribution is 7.18. The molecule has 2 aromatic carbocycles. The summed E-state index contributed by atoms with van der Waals surface area (Å²) < 4.78 is 1.25. The van der Waals surface area contributed by atoms with Gasteiger partial charge in [0.05, 0.1) is 32.7 Å². The standard InChI is InChI=1S/C28H32N4OS/c1-2-6-19-9-14-25-26(16-19)34-27(32-25)18-23-17-22(15-20-7-4-3-5-8-20)30-28(31-23)29-21-10-12-24(33)13-11-21/h3-5,7-9,14,16-17,21,24,33H,2,6,10-13,15,18H2,1H3,(H,29,30,31). The van der Waals surface area contributed by atoms with Crippen molar-refractivity contribution >= 4 is 27.5 Å². The van der Waals surface area contributed by atoms with Crippen LogP contribution in [0, 0.1) is 0 Å². The fourth-order valence-corrected chi connectivity index (χ4v) is 5.75. The zero-order valence-corrected chi connectivity index (χ0v) is 20.5. The molecule has 2 N–H and O–H groups in total. The van der Waals surface area contributed by atoms with Crippen LogP contribution in [0.25, 0.3) is 10.2 Å². The molecule has 0 atom stereocenters. The Bertz CT molecular complexity index is 1230. The van der Waals surface area contributed by atoms with E-state index in [1.165, 1.54) is 15.8 Å². The number of hydrogen-bond donors (Lipinski definition) is 2. The fraction of sp³-hybridized carbons (Fsp3) is 0.393. The minimum Gasteiger partial charge on any atom is -0.393 e. The first kappa shape index (κ1) is 22.9. The van der Waals surface area contributed by atoms with Gasteiger partial charge in [0.2, 0.25) is 5.95 Å². The molecule has 2 heterocycles. The molecule has 1 aliphatic carbocycles. The molecule has 0 unspecified atom stereocenters. The number of fused-ring (bicyclic) bond motifs is 1. The summed E-state index contributed by atoms with van der Waals surface area (Å²) in [5.74, 6) is 0.691. The molecule has 176 valence electrons. The van der Waals surface area contributed by atoms with Crippen LogP contribution in [-0.2, 0) is 19.3 Å². The van der Waals surface area contributed by atoms with Crippen molar-refractivity contribution in [3.63, 3.8) is 0 Å². The predicted molar refractivity (Wildman–Crippen MR) is 140 cm³/mol. The first-order chi connectivity index (χ1) is 16.6. The molecule has 1 saturated carbocycles. The summed E-state index contributed by atoms with van der Waals surface area (Å²) in [6.45, 7) is 2.21. The highest BCUT2D eigenvalue weighted by Gasteiger charge is 2.20. The number of nitrogens with zero attached hydrogens (tertiary/aromatic N) is 3. The summed E-state index contributed by atoms with van der Waals surface area (Å²) in [6, 6.07) is 19.5. The average molecular weight is 473 g/mol. The van der Waals surface area contributed by atoms with E-state index in [1.54, 1.807) is 11.3 Å². The molecule has 2 aromatic heterocycles. The Labute approximate surface area is 205 Å².